The third-order valence-corrected chi connectivity index (χ3v) is 5.84. The number of aromatic nitrogens is 2. The Morgan fingerprint density at radius 3 is 2.50 bits per heavy atom. The van der Waals surface area contributed by atoms with E-state index in [1.165, 1.54) is 6.20 Å². The van der Waals surface area contributed by atoms with Crippen LogP contribution in [0.3, 0.4) is 0 Å². The lowest BCUT2D eigenvalue weighted by Gasteiger charge is -2.15. The predicted octanol–water partition coefficient (Wildman–Crippen LogP) is 3.52. The summed E-state index contributed by atoms with van der Waals surface area (Å²) in [5.41, 5.74) is 10.4. The van der Waals surface area contributed by atoms with Crippen molar-refractivity contribution in [1.29, 1.82) is 0 Å². The maximum atomic E-state index is 12.0. The van der Waals surface area contributed by atoms with E-state index in [9.17, 15) is 8.42 Å². The molecule has 8 heteroatoms. The minimum Gasteiger partial charge on any atom is -0.488 e. The van der Waals surface area contributed by atoms with Crippen LogP contribution in [0.4, 0.5) is 0 Å². The van der Waals surface area contributed by atoms with Crippen LogP contribution in [-0.4, -0.2) is 23.4 Å². The molecule has 0 saturated heterocycles. The van der Waals surface area contributed by atoms with Gasteiger partial charge in [0, 0.05) is 17.7 Å². The Labute approximate surface area is 171 Å². The number of halogens is 1. The van der Waals surface area contributed by atoms with E-state index in [0.29, 0.717) is 13.2 Å². The molecule has 0 atom stereocenters. The van der Waals surface area contributed by atoms with Crippen molar-refractivity contribution in [3.63, 3.8) is 0 Å². The molecule has 2 N–H and O–H groups in total. The Balaban J connectivity index is 0.00000280. The van der Waals surface area contributed by atoms with Crippen molar-refractivity contribution >= 4 is 22.4 Å². The first-order chi connectivity index (χ1) is 12.9. The summed E-state index contributed by atoms with van der Waals surface area (Å²) in [5, 5.41) is 3.98. The smallest absolute Gasteiger partial charge is 0.253 e. The van der Waals surface area contributed by atoms with Crippen molar-refractivity contribution in [2.75, 3.05) is 5.75 Å². The Morgan fingerprint density at radius 1 is 1.14 bits per heavy atom. The van der Waals surface area contributed by atoms with Crippen LogP contribution in [0, 0.1) is 6.92 Å². The van der Waals surface area contributed by atoms with Crippen molar-refractivity contribution in [3.05, 3.63) is 71.5 Å². The molecule has 0 fully saturated rings. The highest BCUT2D eigenvalue weighted by Gasteiger charge is 2.15. The van der Waals surface area contributed by atoms with Crippen LogP contribution >= 0.6 is 12.4 Å². The van der Waals surface area contributed by atoms with Crippen LogP contribution in [0.25, 0.3) is 11.1 Å². The maximum Gasteiger partial charge on any atom is 0.253 e. The Morgan fingerprint density at radius 2 is 1.86 bits per heavy atom. The molecule has 0 amide bonds. The van der Waals surface area contributed by atoms with Crippen LogP contribution in [0.15, 0.2) is 54.9 Å². The van der Waals surface area contributed by atoms with Gasteiger partial charge in [0.05, 0.1) is 18.1 Å². The zero-order valence-corrected chi connectivity index (χ0v) is 17.5. The molecule has 3 rings (SSSR count). The summed E-state index contributed by atoms with van der Waals surface area (Å²) in [6, 6.07) is 13.8. The molecule has 0 saturated carbocycles. The number of nitrogens with two attached hydrogens (primary N) is 1. The average Bonchev–Trinajstić information content (AvgIpc) is 3.18. The lowest BCUT2D eigenvalue weighted by molar-refractivity contribution is 0.301. The van der Waals surface area contributed by atoms with Gasteiger partial charge in [-0.05, 0) is 42.7 Å². The van der Waals surface area contributed by atoms with Crippen LogP contribution in [0.1, 0.15) is 23.6 Å². The molecule has 150 valence electrons. The molecule has 1 aromatic heterocycles. The van der Waals surface area contributed by atoms with Crippen molar-refractivity contribution in [1.82, 2.24) is 9.19 Å². The largest absolute Gasteiger partial charge is 0.488 e. The van der Waals surface area contributed by atoms with Crippen molar-refractivity contribution in [2.24, 2.45) is 5.73 Å². The molecule has 3 aromatic rings. The van der Waals surface area contributed by atoms with E-state index in [2.05, 4.69) is 5.10 Å². The number of aryl methyl sites for hydroxylation is 1. The average molecular weight is 422 g/mol. The van der Waals surface area contributed by atoms with Gasteiger partial charge in [0.15, 0.2) is 0 Å². The van der Waals surface area contributed by atoms with E-state index in [-0.39, 0.29) is 18.2 Å². The summed E-state index contributed by atoms with van der Waals surface area (Å²) in [6.07, 6.45) is 3.07. The van der Waals surface area contributed by atoms with E-state index in [0.717, 1.165) is 37.7 Å². The standard InChI is InChI=1S/C20H23N3O3S.ClH/c1-3-27(24,25)23-13-19(12-22-23)17-9-15(2)20(18(10-17)11-21)26-14-16-7-5-4-6-8-16;/h4-10,12-13H,3,11,14,21H2,1-2H3;1H. The summed E-state index contributed by atoms with van der Waals surface area (Å²) in [7, 11) is -3.40. The van der Waals surface area contributed by atoms with Gasteiger partial charge in [0.2, 0.25) is 0 Å². The summed E-state index contributed by atoms with van der Waals surface area (Å²) in [4.78, 5) is 0. The second-order valence-electron chi connectivity index (χ2n) is 6.26. The van der Waals surface area contributed by atoms with Crippen LogP contribution < -0.4 is 10.5 Å². The molecule has 6 nitrogen and oxygen atoms in total. The topological polar surface area (TPSA) is 87.2 Å². The zero-order valence-electron chi connectivity index (χ0n) is 15.8. The van der Waals surface area contributed by atoms with E-state index in [1.807, 2.05) is 49.4 Å². The molecule has 0 unspecified atom stereocenters. The van der Waals surface area contributed by atoms with Gasteiger partial charge >= 0.3 is 0 Å². The van der Waals surface area contributed by atoms with Crippen LogP contribution in [0.5, 0.6) is 5.75 Å². The molecule has 0 aliphatic rings. The molecular formula is C20H24ClN3O3S. The number of benzene rings is 2. The van der Waals surface area contributed by atoms with Crippen molar-refractivity contribution < 1.29 is 13.2 Å². The van der Waals surface area contributed by atoms with E-state index in [4.69, 9.17) is 10.5 Å². The van der Waals surface area contributed by atoms with E-state index < -0.39 is 10.0 Å². The fourth-order valence-electron chi connectivity index (χ4n) is 2.84. The molecule has 0 aliphatic heterocycles. The molecule has 2 aromatic carbocycles. The number of rotatable bonds is 7. The highest BCUT2D eigenvalue weighted by atomic mass is 35.5. The van der Waals surface area contributed by atoms with Crippen LogP contribution in [0.2, 0.25) is 0 Å². The summed E-state index contributed by atoms with van der Waals surface area (Å²) in [5.74, 6) is 0.756. The first-order valence-corrected chi connectivity index (χ1v) is 10.3. The first-order valence-electron chi connectivity index (χ1n) is 8.73. The lowest BCUT2D eigenvalue weighted by atomic mass is 10.0. The van der Waals surface area contributed by atoms with E-state index >= 15 is 0 Å². The number of hydrogen-bond acceptors (Lipinski definition) is 5. The van der Waals surface area contributed by atoms with Crippen molar-refractivity contribution in [2.45, 2.75) is 27.0 Å². The minimum absolute atomic E-state index is 0. The summed E-state index contributed by atoms with van der Waals surface area (Å²) in [6.45, 7) is 4.32. The Kier molecular flexibility index (Phi) is 7.23. The molecule has 1 heterocycles. The highest BCUT2D eigenvalue weighted by molar-refractivity contribution is 7.89. The SMILES string of the molecule is CCS(=O)(=O)n1cc(-c2cc(C)c(OCc3ccccc3)c(CN)c2)cn1.Cl. The van der Waals surface area contributed by atoms with E-state index in [1.54, 1.807) is 13.1 Å². The lowest BCUT2D eigenvalue weighted by Crippen LogP contribution is -2.14. The number of ether oxygens (including phenoxy) is 1. The molecule has 0 spiro atoms. The van der Waals surface area contributed by atoms with Gasteiger partial charge < -0.3 is 10.5 Å². The normalized spacial score (nSPS) is 11.1. The van der Waals surface area contributed by atoms with Gasteiger partial charge in [0.25, 0.3) is 10.0 Å². The summed E-state index contributed by atoms with van der Waals surface area (Å²) >= 11 is 0. The quantitative estimate of drug-likeness (QED) is 0.630. The number of nitrogens with zero attached hydrogens (tertiary/aromatic N) is 2. The zero-order chi connectivity index (χ0) is 19.4. The minimum atomic E-state index is -3.40. The second-order valence-corrected chi connectivity index (χ2v) is 8.38. The third kappa shape index (κ3) is 4.73. The summed E-state index contributed by atoms with van der Waals surface area (Å²) < 4.78 is 31.0. The monoisotopic (exact) mass is 421 g/mol. The van der Waals surface area contributed by atoms with Crippen molar-refractivity contribution in [3.8, 4) is 16.9 Å². The fourth-order valence-corrected chi connectivity index (χ4v) is 3.57. The van der Waals surface area contributed by atoms with Gasteiger partial charge in [-0.15, -0.1) is 12.4 Å². The maximum absolute atomic E-state index is 12.0. The van der Waals surface area contributed by atoms with Gasteiger partial charge in [-0.25, -0.2) is 8.42 Å². The third-order valence-electron chi connectivity index (χ3n) is 4.34. The molecule has 0 radical (unpaired) electrons. The van der Waals surface area contributed by atoms with Gasteiger partial charge in [-0.3, -0.25) is 0 Å². The Hall–Kier alpha value is -2.35. The van der Waals surface area contributed by atoms with Gasteiger partial charge in [0.1, 0.15) is 12.4 Å². The number of hydrogen-bond donors (Lipinski definition) is 1. The Bertz CT molecular complexity index is 1030. The second kappa shape index (κ2) is 9.23. The fraction of sp³-hybridized carbons (Fsp3) is 0.250. The molecule has 0 bridgehead atoms. The van der Waals surface area contributed by atoms with Gasteiger partial charge in [-0.2, -0.15) is 9.19 Å². The van der Waals surface area contributed by atoms with Gasteiger partial charge in [-0.1, -0.05) is 30.3 Å². The highest BCUT2D eigenvalue weighted by Crippen LogP contribution is 2.31. The molecule has 0 aliphatic carbocycles. The first kappa shape index (κ1) is 21.9. The predicted molar refractivity (Wildman–Crippen MR) is 113 cm³/mol. The van der Waals surface area contributed by atoms with Crippen LogP contribution in [-0.2, 0) is 23.2 Å². The molecule has 28 heavy (non-hydrogen) atoms. The molecular weight excluding hydrogens is 398 g/mol.